The average molecular weight is 537 g/mol. The van der Waals surface area contributed by atoms with Gasteiger partial charge in [-0.05, 0) is 59.8 Å². The number of guanidine groups is 1. The summed E-state index contributed by atoms with van der Waals surface area (Å²) in [4.78, 5) is 32.6. The fourth-order valence-corrected chi connectivity index (χ4v) is 3.86. The molecule has 3 unspecified atom stereocenters. The van der Waals surface area contributed by atoms with Crippen molar-refractivity contribution in [1.82, 2.24) is 20.4 Å². The molecule has 2 amide bonds. The third-order valence-electron chi connectivity index (χ3n) is 5.54. The number of fused-ring (bicyclic) bond motifs is 2. The maximum absolute atomic E-state index is 12.6. The molecular weight excluding hydrogens is 497 g/mol. The van der Waals surface area contributed by atoms with Crippen LogP contribution in [0.4, 0.5) is 4.79 Å². The van der Waals surface area contributed by atoms with Crippen LogP contribution in [0.3, 0.4) is 0 Å². The number of hydrogen-bond donors (Lipinski definition) is 2. The van der Waals surface area contributed by atoms with E-state index in [-0.39, 0.29) is 66.7 Å². The second-order valence-electron chi connectivity index (χ2n) is 9.49. The highest BCUT2D eigenvalue weighted by Crippen LogP contribution is 2.36. The Labute approximate surface area is 198 Å². The maximum atomic E-state index is 12.6. The van der Waals surface area contributed by atoms with Gasteiger partial charge in [0.25, 0.3) is 0 Å². The van der Waals surface area contributed by atoms with E-state index >= 15 is 0 Å². The van der Waals surface area contributed by atoms with Crippen LogP contribution in [-0.4, -0.2) is 78.2 Å². The lowest BCUT2D eigenvalue weighted by atomic mass is 9.98. The topological polar surface area (TPSA) is 86.3 Å². The van der Waals surface area contributed by atoms with Crippen molar-refractivity contribution >= 4 is 41.9 Å². The number of hydrogen-bond acceptors (Lipinski definition) is 4. The third-order valence-corrected chi connectivity index (χ3v) is 5.54. The standard InChI is InChI=1S/C21H39N5O3.HI/c1-8-14(2)23-19(22-13-18(27)25(6)7)24-15-11-16-9-10-17(12-15)26(16)20(28)29-21(3,4)5;/h14-17H,8-13H2,1-7H3,(H2,22,23,24);1H. The number of carbonyl (C=O) groups excluding carboxylic acids is 2. The van der Waals surface area contributed by atoms with E-state index in [1.165, 1.54) is 0 Å². The van der Waals surface area contributed by atoms with Crippen molar-refractivity contribution in [2.75, 3.05) is 20.6 Å². The molecule has 0 aromatic heterocycles. The molecule has 2 heterocycles. The molecule has 2 bridgehead atoms. The molecule has 2 aliphatic rings. The summed E-state index contributed by atoms with van der Waals surface area (Å²) in [5, 5.41) is 6.90. The third kappa shape index (κ3) is 7.77. The van der Waals surface area contributed by atoms with Crippen molar-refractivity contribution in [2.24, 2.45) is 4.99 Å². The van der Waals surface area contributed by atoms with Gasteiger partial charge in [-0.3, -0.25) is 4.79 Å². The molecule has 0 aromatic carbocycles. The van der Waals surface area contributed by atoms with Crippen LogP contribution in [0.15, 0.2) is 4.99 Å². The Bertz CT molecular complexity index is 606. The van der Waals surface area contributed by atoms with Crippen molar-refractivity contribution < 1.29 is 14.3 Å². The summed E-state index contributed by atoms with van der Waals surface area (Å²) in [6, 6.07) is 0.856. The number of nitrogens with one attached hydrogen (secondary N) is 2. The summed E-state index contributed by atoms with van der Waals surface area (Å²) in [6.07, 6.45) is 4.49. The zero-order valence-corrected chi connectivity index (χ0v) is 21.9. The number of likely N-dealkylation sites (N-methyl/N-ethyl adjacent to an activating group) is 1. The summed E-state index contributed by atoms with van der Waals surface area (Å²) in [7, 11) is 3.47. The number of carbonyl (C=O) groups is 2. The normalized spacial score (nSPS) is 24.6. The first-order valence-corrected chi connectivity index (χ1v) is 10.8. The Morgan fingerprint density at radius 3 is 2.23 bits per heavy atom. The molecule has 30 heavy (non-hydrogen) atoms. The molecule has 0 radical (unpaired) electrons. The largest absolute Gasteiger partial charge is 0.444 e. The molecule has 174 valence electrons. The summed E-state index contributed by atoms with van der Waals surface area (Å²) in [5.74, 6) is 0.639. The molecule has 2 rings (SSSR count). The Hall–Kier alpha value is -1.26. The quantitative estimate of drug-likeness (QED) is 0.320. The molecule has 9 heteroatoms. The lowest BCUT2D eigenvalue weighted by Crippen LogP contribution is -2.55. The van der Waals surface area contributed by atoms with Gasteiger partial charge < -0.3 is 25.2 Å². The van der Waals surface area contributed by atoms with Gasteiger partial charge in [-0.15, -0.1) is 24.0 Å². The lowest BCUT2D eigenvalue weighted by Gasteiger charge is -2.40. The summed E-state index contributed by atoms with van der Waals surface area (Å²) in [6.45, 7) is 10.0. The highest BCUT2D eigenvalue weighted by atomic mass is 127. The number of piperidine rings is 1. The number of ether oxygens (including phenoxy) is 1. The molecule has 0 aliphatic carbocycles. The highest BCUT2D eigenvalue weighted by molar-refractivity contribution is 14.0. The van der Waals surface area contributed by atoms with Gasteiger partial charge in [0.2, 0.25) is 5.91 Å². The van der Waals surface area contributed by atoms with Crippen molar-refractivity contribution in [3.63, 3.8) is 0 Å². The minimum Gasteiger partial charge on any atom is -0.444 e. The van der Waals surface area contributed by atoms with Gasteiger partial charge in [0, 0.05) is 38.3 Å². The van der Waals surface area contributed by atoms with E-state index < -0.39 is 5.60 Å². The first-order chi connectivity index (χ1) is 13.5. The molecule has 2 fully saturated rings. The molecule has 2 aliphatic heterocycles. The molecular formula is C21H40IN5O3. The molecule has 3 atom stereocenters. The first kappa shape index (κ1) is 26.8. The van der Waals surface area contributed by atoms with Crippen LogP contribution >= 0.6 is 24.0 Å². The van der Waals surface area contributed by atoms with Crippen LogP contribution in [0.25, 0.3) is 0 Å². The van der Waals surface area contributed by atoms with Gasteiger partial charge in [-0.2, -0.15) is 0 Å². The fraction of sp³-hybridized carbons (Fsp3) is 0.857. The lowest BCUT2D eigenvalue weighted by molar-refractivity contribution is -0.127. The van der Waals surface area contributed by atoms with Crippen LogP contribution in [0.1, 0.15) is 66.7 Å². The van der Waals surface area contributed by atoms with Crippen LogP contribution < -0.4 is 10.6 Å². The van der Waals surface area contributed by atoms with Crippen molar-refractivity contribution in [3.8, 4) is 0 Å². The van der Waals surface area contributed by atoms with Gasteiger partial charge in [0.05, 0.1) is 0 Å². The molecule has 0 saturated carbocycles. The molecule has 0 spiro atoms. The Balaban J connectivity index is 0.00000450. The first-order valence-electron chi connectivity index (χ1n) is 10.8. The van der Waals surface area contributed by atoms with Gasteiger partial charge in [0.15, 0.2) is 5.96 Å². The Morgan fingerprint density at radius 1 is 1.20 bits per heavy atom. The number of amides is 2. The predicted molar refractivity (Wildman–Crippen MR) is 130 cm³/mol. The minimum atomic E-state index is -0.482. The van der Waals surface area contributed by atoms with Gasteiger partial charge >= 0.3 is 6.09 Å². The fourth-order valence-electron chi connectivity index (χ4n) is 3.86. The van der Waals surface area contributed by atoms with Gasteiger partial charge in [0.1, 0.15) is 12.1 Å². The molecule has 2 saturated heterocycles. The number of aliphatic imine (C=N–C) groups is 1. The van der Waals surface area contributed by atoms with Crippen LogP contribution in [0.5, 0.6) is 0 Å². The Morgan fingerprint density at radius 2 is 1.77 bits per heavy atom. The van der Waals surface area contributed by atoms with E-state index in [4.69, 9.17) is 4.74 Å². The summed E-state index contributed by atoms with van der Waals surface area (Å²) >= 11 is 0. The number of halogens is 1. The summed E-state index contributed by atoms with van der Waals surface area (Å²) in [5.41, 5.74) is -0.482. The second kappa shape index (κ2) is 11.4. The van der Waals surface area contributed by atoms with E-state index in [1.807, 2.05) is 25.7 Å². The predicted octanol–water partition coefficient (Wildman–Crippen LogP) is 2.96. The van der Waals surface area contributed by atoms with Crippen molar-refractivity contribution in [2.45, 2.75) is 96.5 Å². The van der Waals surface area contributed by atoms with Crippen LogP contribution in [-0.2, 0) is 9.53 Å². The maximum Gasteiger partial charge on any atom is 0.410 e. The van der Waals surface area contributed by atoms with Crippen molar-refractivity contribution in [1.29, 1.82) is 0 Å². The van der Waals surface area contributed by atoms with Crippen LogP contribution in [0.2, 0.25) is 0 Å². The molecule has 2 N–H and O–H groups in total. The van der Waals surface area contributed by atoms with E-state index in [1.54, 1.807) is 19.0 Å². The number of nitrogens with zero attached hydrogens (tertiary/aromatic N) is 3. The van der Waals surface area contributed by atoms with E-state index in [0.717, 1.165) is 32.1 Å². The minimum absolute atomic E-state index is 0. The molecule has 8 nitrogen and oxygen atoms in total. The van der Waals surface area contributed by atoms with Gasteiger partial charge in [-0.1, -0.05) is 6.92 Å². The smallest absolute Gasteiger partial charge is 0.410 e. The average Bonchev–Trinajstić information content (AvgIpc) is 2.88. The SMILES string of the molecule is CCC(C)NC(=NCC(=O)N(C)C)NC1CC2CCC(C1)N2C(=O)OC(C)(C)C.I. The summed E-state index contributed by atoms with van der Waals surface area (Å²) < 4.78 is 5.62. The van der Waals surface area contributed by atoms with Crippen molar-refractivity contribution in [3.05, 3.63) is 0 Å². The molecule has 0 aromatic rings. The van der Waals surface area contributed by atoms with Crippen LogP contribution in [0, 0.1) is 0 Å². The zero-order valence-electron chi connectivity index (χ0n) is 19.5. The number of rotatable bonds is 5. The Kier molecular flexibility index (Phi) is 10.2. The van der Waals surface area contributed by atoms with E-state index in [2.05, 4.69) is 29.5 Å². The second-order valence-corrected chi connectivity index (χ2v) is 9.49. The zero-order chi connectivity index (χ0) is 21.8. The van der Waals surface area contributed by atoms with E-state index in [0.29, 0.717) is 5.96 Å². The highest BCUT2D eigenvalue weighted by Gasteiger charge is 2.45. The monoisotopic (exact) mass is 537 g/mol. The van der Waals surface area contributed by atoms with E-state index in [9.17, 15) is 9.59 Å². The van der Waals surface area contributed by atoms with Gasteiger partial charge in [-0.25, -0.2) is 9.79 Å².